The molecule has 0 N–H and O–H groups in total. The van der Waals surface area contributed by atoms with Crippen molar-refractivity contribution in [3.63, 3.8) is 0 Å². The van der Waals surface area contributed by atoms with Gasteiger partial charge in [0.05, 0.1) is 23.1 Å². The lowest BCUT2D eigenvalue weighted by Crippen LogP contribution is -2.06. The van der Waals surface area contributed by atoms with Crippen molar-refractivity contribution < 1.29 is 9.53 Å². The number of aromatic nitrogens is 2. The highest BCUT2D eigenvalue weighted by atomic mass is 127. The van der Waals surface area contributed by atoms with Gasteiger partial charge in [0, 0.05) is 11.9 Å². The number of pyridine rings is 1. The molecule has 0 aliphatic carbocycles. The number of thioether (sulfide) groups is 1. The number of esters is 1. The van der Waals surface area contributed by atoms with E-state index in [4.69, 9.17) is 16.3 Å². The molecule has 0 amide bonds. The summed E-state index contributed by atoms with van der Waals surface area (Å²) in [5, 5.41) is 0.675. The smallest absolute Gasteiger partial charge is 0.315 e. The van der Waals surface area contributed by atoms with Gasteiger partial charge in [0.15, 0.2) is 0 Å². The average molecular weight is 411 g/mol. The Morgan fingerprint density at radius 1 is 1.58 bits per heavy atom. The van der Waals surface area contributed by atoms with E-state index in [-0.39, 0.29) is 5.97 Å². The normalized spacial score (nSPS) is 10.9. The van der Waals surface area contributed by atoms with Gasteiger partial charge in [-0.15, -0.1) is 11.8 Å². The summed E-state index contributed by atoms with van der Waals surface area (Å²) >= 11 is 9.70. The van der Waals surface area contributed by atoms with Crippen molar-refractivity contribution in [3.05, 3.63) is 32.7 Å². The van der Waals surface area contributed by atoms with E-state index in [0.29, 0.717) is 23.1 Å². The third-order valence-corrected chi connectivity index (χ3v) is 4.64. The summed E-state index contributed by atoms with van der Waals surface area (Å²) < 4.78 is 7.85. The Bertz CT molecular complexity index is 603. The first-order valence-corrected chi connectivity index (χ1v) is 8.28. The molecule has 0 fully saturated rings. The van der Waals surface area contributed by atoms with E-state index in [1.807, 2.05) is 22.7 Å². The van der Waals surface area contributed by atoms with Gasteiger partial charge in [-0.25, -0.2) is 4.98 Å². The number of ether oxygens (including phenoxy) is 1. The Kier molecular flexibility index (Phi) is 5.35. The predicted molar refractivity (Wildman–Crippen MR) is 85.7 cm³/mol. The van der Waals surface area contributed by atoms with Gasteiger partial charge >= 0.3 is 5.97 Å². The fourth-order valence-electron chi connectivity index (χ4n) is 1.56. The fourth-order valence-corrected chi connectivity index (χ4v) is 3.43. The van der Waals surface area contributed by atoms with E-state index < -0.39 is 0 Å². The van der Waals surface area contributed by atoms with Crippen LogP contribution in [-0.4, -0.2) is 27.7 Å². The molecule has 0 aliphatic rings. The summed E-state index contributed by atoms with van der Waals surface area (Å²) in [5.41, 5.74) is 1.82. The quantitative estimate of drug-likeness (QED) is 0.560. The van der Waals surface area contributed by atoms with Crippen molar-refractivity contribution in [3.8, 4) is 0 Å². The number of fused-ring (bicyclic) bond motifs is 1. The maximum atomic E-state index is 11.2. The number of nitrogens with zero attached hydrogens (tertiary/aromatic N) is 2. The lowest BCUT2D eigenvalue weighted by atomic mass is 10.5. The second kappa shape index (κ2) is 6.81. The lowest BCUT2D eigenvalue weighted by molar-refractivity contribution is -0.139. The van der Waals surface area contributed by atoms with Gasteiger partial charge in [0.1, 0.15) is 9.35 Å². The van der Waals surface area contributed by atoms with E-state index in [1.54, 1.807) is 6.92 Å². The van der Waals surface area contributed by atoms with E-state index >= 15 is 0 Å². The van der Waals surface area contributed by atoms with Crippen LogP contribution in [0.15, 0.2) is 18.3 Å². The summed E-state index contributed by atoms with van der Waals surface area (Å²) in [5.74, 6) is 0.837. The molecular formula is C12H12ClIN2O2S. The number of hydrogen-bond acceptors (Lipinski definition) is 4. The molecule has 2 aromatic rings. The van der Waals surface area contributed by atoms with Crippen LogP contribution in [0.3, 0.4) is 0 Å². The molecule has 0 radical (unpaired) electrons. The molecule has 2 aromatic heterocycles. The van der Waals surface area contributed by atoms with Gasteiger partial charge < -0.3 is 4.74 Å². The van der Waals surface area contributed by atoms with Crippen LogP contribution in [0.5, 0.6) is 0 Å². The Morgan fingerprint density at radius 2 is 2.37 bits per heavy atom. The van der Waals surface area contributed by atoms with Crippen molar-refractivity contribution >= 4 is 57.6 Å². The Morgan fingerprint density at radius 3 is 3.11 bits per heavy atom. The first-order valence-electron chi connectivity index (χ1n) is 5.67. The number of halogens is 2. The Labute approximate surface area is 134 Å². The van der Waals surface area contributed by atoms with E-state index in [9.17, 15) is 4.79 Å². The zero-order valence-electron chi connectivity index (χ0n) is 10.2. The van der Waals surface area contributed by atoms with Crippen molar-refractivity contribution in [2.75, 3.05) is 12.4 Å². The van der Waals surface area contributed by atoms with Gasteiger partial charge in [0.25, 0.3) is 0 Å². The molecule has 0 aliphatic heterocycles. The number of imidazole rings is 1. The first-order chi connectivity index (χ1) is 9.11. The second-order valence-corrected chi connectivity index (χ2v) is 6.17. The maximum absolute atomic E-state index is 11.2. The Balaban J connectivity index is 2.05. The molecule has 0 unspecified atom stereocenters. The van der Waals surface area contributed by atoms with Gasteiger partial charge in [-0.1, -0.05) is 11.6 Å². The lowest BCUT2D eigenvalue weighted by Gasteiger charge is -2.00. The summed E-state index contributed by atoms with van der Waals surface area (Å²) in [4.78, 5) is 15.8. The fraction of sp³-hybridized carbons (Fsp3) is 0.333. The minimum atomic E-state index is -0.186. The van der Waals surface area contributed by atoms with Crippen LogP contribution >= 0.6 is 46.0 Å². The molecule has 2 rings (SSSR count). The highest BCUT2D eigenvalue weighted by Crippen LogP contribution is 2.21. The van der Waals surface area contributed by atoms with E-state index in [0.717, 1.165) is 15.0 Å². The molecule has 102 valence electrons. The molecule has 2 heterocycles. The molecule has 0 aromatic carbocycles. The van der Waals surface area contributed by atoms with Crippen molar-refractivity contribution in [1.82, 2.24) is 9.38 Å². The standard InChI is InChI=1S/C12H12ClIN2O2S/c1-2-18-11(17)7-19-6-9-12(14)16-5-8(13)3-4-10(16)15-9/h3-5H,2,6-7H2,1H3. The molecule has 4 nitrogen and oxygen atoms in total. The highest BCUT2D eigenvalue weighted by Gasteiger charge is 2.11. The zero-order chi connectivity index (χ0) is 13.8. The monoisotopic (exact) mass is 410 g/mol. The van der Waals surface area contributed by atoms with Gasteiger partial charge in [-0.2, -0.15) is 0 Å². The van der Waals surface area contributed by atoms with Gasteiger partial charge in [0.2, 0.25) is 0 Å². The molecular weight excluding hydrogens is 399 g/mol. The van der Waals surface area contributed by atoms with Crippen LogP contribution in [0.25, 0.3) is 5.65 Å². The number of carbonyl (C=O) groups excluding carboxylic acids is 1. The predicted octanol–water partition coefficient (Wildman–Crippen LogP) is 3.39. The largest absolute Gasteiger partial charge is 0.465 e. The minimum Gasteiger partial charge on any atom is -0.465 e. The average Bonchev–Trinajstić information content (AvgIpc) is 2.67. The van der Waals surface area contributed by atoms with Crippen LogP contribution in [0.4, 0.5) is 0 Å². The first kappa shape index (κ1) is 14.9. The van der Waals surface area contributed by atoms with Gasteiger partial charge in [-0.3, -0.25) is 9.20 Å². The molecule has 0 spiro atoms. The zero-order valence-corrected chi connectivity index (χ0v) is 14.0. The van der Waals surface area contributed by atoms with Gasteiger partial charge in [-0.05, 0) is 41.6 Å². The number of hydrogen-bond donors (Lipinski definition) is 0. The van der Waals surface area contributed by atoms with Crippen molar-refractivity contribution in [1.29, 1.82) is 0 Å². The van der Waals surface area contributed by atoms with Crippen molar-refractivity contribution in [2.45, 2.75) is 12.7 Å². The maximum Gasteiger partial charge on any atom is 0.315 e. The summed E-state index contributed by atoms with van der Waals surface area (Å²) in [6.45, 7) is 2.22. The molecule has 7 heteroatoms. The molecule has 0 saturated carbocycles. The van der Waals surface area contributed by atoms with Crippen LogP contribution in [0.1, 0.15) is 12.6 Å². The number of carbonyl (C=O) groups is 1. The number of rotatable bonds is 5. The molecule has 0 atom stereocenters. The minimum absolute atomic E-state index is 0.186. The summed E-state index contributed by atoms with van der Waals surface area (Å²) in [6, 6.07) is 3.69. The van der Waals surface area contributed by atoms with E-state index in [2.05, 4.69) is 27.6 Å². The van der Waals surface area contributed by atoms with Crippen LogP contribution < -0.4 is 0 Å². The van der Waals surface area contributed by atoms with Crippen LogP contribution in [0.2, 0.25) is 5.02 Å². The molecule has 19 heavy (non-hydrogen) atoms. The van der Waals surface area contributed by atoms with Crippen LogP contribution in [-0.2, 0) is 15.3 Å². The summed E-state index contributed by atoms with van der Waals surface area (Å²) in [6.07, 6.45) is 1.84. The SMILES string of the molecule is CCOC(=O)CSCc1nc2ccc(Cl)cn2c1I. The molecule has 0 saturated heterocycles. The van der Waals surface area contributed by atoms with E-state index in [1.165, 1.54) is 11.8 Å². The van der Waals surface area contributed by atoms with Crippen LogP contribution in [0, 0.1) is 3.70 Å². The molecule has 0 bridgehead atoms. The summed E-state index contributed by atoms with van der Waals surface area (Å²) in [7, 11) is 0. The third-order valence-electron chi connectivity index (χ3n) is 2.35. The topological polar surface area (TPSA) is 43.6 Å². The Hall–Kier alpha value is -0.470. The third kappa shape index (κ3) is 3.76. The second-order valence-electron chi connectivity index (χ2n) is 3.72. The van der Waals surface area contributed by atoms with Crippen molar-refractivity contribution in [2.24, 2.45) is 0 Å². The highest BCUT2D eigenvalue weighted by molar-refractivity contribution is 14.1.